The number of thiol groups is 1. The van der Waals surface area contributed by atoms with Gasteiger partial charge >= 0.3 is 0 Å². The Morgan fingerprint density at radius 1 is 1.43 bits per heavy atom. The van der Waals surface area contributed by atoms with Crippen molar-refractivity contribution in [1.29, 1.82) is 5.41 Å². The molecule has 0 saturated carbocycles. The number of hydrogen-bond donors (Lipinski definition) is 3. The largest absolute Gasteiger partial charge is 0.352 e. The molecular weight excluding hydrogens is 196 g/mol. The van der Waals surface area contributed by atoms with Crippen molar-refractivity contribution in [3.8, 4) is 0 Å². The summed E-state index contributed by atoms with van der Waals surface area (Å²) in [4.78, 5) is 11.3. The van der Waals surface area contributed by atoms with Crippen LogP contribution in [0.4, 0.5) is 0 Å². The summed E-state index contributed by atoms with van der Waals surface area (Å²) in [5.41, 5.74) is 1.87. The standard InChI is InChI=1S/C10H16N2OS/c1-7(2)9(5-11)4-10(14)6-12-8(3)13/h4-5,11,14H,6H2,1-3H3,(H,12,13)/b10-4-,11-5?. The van der Waals surface area contributed by atoms with E-state index in [9.17, 15) is 4.79 Å². The summed E-state index contributed by atoms with van der Waals surface area (Å²) in [5, 5.41) is 9.78. The Morgan fingerprint density at radius 3 is 2.36 bits per heavy atom. The van der Waals surface area contributed by atoms with Gasteiger partial charge in [0.15, 0.2) is 0 Å². The fraction of sp³-hybridized carbons (Fsp3) is 0.400. The Bertz CT molecular complexity index is 288. The van der Waals surface area contributed by atoms with Gasteiger partial charge in [0, 0.05) is 24.6 Å². The lowest BCUT2D eigenvalue weighted by Gasteiger charge is -2.02. The van der Waals surface area contributed by atoms with Gasteiger partial charge in [-0.2, -0.15) is 0 Å². The fourth-order valence-corrected chi connectivity index (χ4v) is 0.994. The Morgan fingerprint density at radius 2 is 2.00 bits per heavy atom. The topological polar surface area (TPSA) is 53.0 Å². The van der Waals surface area contributed by atoms with Gasteiger partial charge in [-0.25, -0.2) is 0 Å². The third-order valence-electron chi connectivity index (χ3n) is 1.57. The van der Waals surface area contributed by atoms with Gasteiger partial charge in [-0.3, -0.25) is 4.79 Å². The Labute approximate surface area is 90.2 Å². The second-order valence-corrected chi connectivity index (χ2v) is 3.72. The molecule has 2 N–H and O–H groups in total. The maximum absolute atomic E-state index is 10.6. The second-order valence-electron chi connectivity index (χ2n) is 3.15. The van der Waals surface area contributed by atoms with Crippen LogP contribution in [0.1, 0.15) is 20.8 Å². The van der Waals surface area contributed by atoms with Crippen LogP contribution in [-0.2, 0) is 4.79 Å². The van der Waals surface area contributed by atoms with E-state index in [2.05, 4.69) is 17.9 Å². The number of carbonyl (C=O) groups excluding carboxylic acids is 1. The minimum Gasteiger partial charge on any atom is -0.352 e. The Balaban J connectivity index is 4.43. The van der Waals surface area contributed by atoms with Crippen LogP contribution in [0.5, 0.6) is 0 Å². The molecular formula is C10H16N2OS. The third kappa shape index (κ3) is 5.59. The van der Waals surface area contributed by atoms with E-state index in [0.717, 1.165) is 16.1 Å². The molecule has 0 aromatic carbocycles. The van der Waals surface area contributed by atoms with Crippen LogP contribution in [0.25, 0.3) is 0 Å². The zero-order valence-electron chi connectivity index (χ0n) is 8.72. The molecule has 0 aromatic heterocycles. The predicted octanol–water partition coefficient (Wildman–Crippen LogP) is 1.92. The van der Waals surface area contributed by atoms with E-state index in [1.165, 1.54) is 13.1 Å². The SMILES string of the molecule is CC(=O)NC/C(S)=C/C(C=N)=C(C)C. The van der Waals surface area contributed by atoms with E-state index in [1.54, 1.807) is 6.08 Å². The van der Waals surface area contributed by atoms with Crippen molar-refractivity contribution in [2.45, 2.75) is 20.8 Å². The molecule has 0 aliphatic carbocycles. The minimum absolute atomic E-state index is 0.0847. The number of amides is 1. The highest BCUT2D eigenvalue weighted by Gasteiger charge is 1.96. The quantitative estimate of drug-likeness (QED) is 0.372. The first-order chi connectivity index (χ1) is 6.47. The maximum Gasteiger partial charge on any atom is 0.217 e. The lowest BCUT2D eigenvalue weighted by atomic mass is 10.1. The highest BCUT2D eigenvalue weighted by molar-refractivity contribution is 7.84. The van der Waals surface area contributed by atoms with Crippen LogP contribution in [0.2, 0.25) is 0 Å². The molecule has 0 aromatic rings. The molecule has 0 heterocycles. The van der Waals surface area contributed by atoms with Crippen LogP contribution >= 0.6 is 12.6 Å². The van der Waals surface area contributed by atoms with E-state index in [1.807, 2.05) is 13.8 Å². The molecule has 3 nitrogen and oxygen atoms in total. The summed E-state index contributed by atoms with van der Waals surface area (Å²) in [6.07, 6.45) is 3.06. The molecule has 0 spiro atoms. The van der Waals surface area contributed by atoms with Crippen molar-refractivity contribution in [2.24, 2.45) is 0 Å². The molecule has 0 fully saturated rings. The number of allylic oxidation sites excluding steroid dienone is 3. The van der Waals surface area contributed by atoms with Crippen molar-refractivity contribution in [3.05, 3.63) is 22.1 Å². The molecule has 0 atom stereocenters. The molecule has 0 saturated heterocycles. The molecule has 4 heteroatoms. The van der Waals surface area contributed by atoms with E-state index in [-0.39, 0.29) is 5.91 Å². The van der Waals surface area contributed by atoms with Gasteiger partial charge in [0.05, 0.1) is 0 Å². The van der Waals surface area contributed by atoms with Crippen molar-refractivity contribution in [3.63, 3.8) is 0 Å². The Hall–Kier alpha value is -1.03. The van der Waals surface area contributed by atoms with Crippen molar-refractivity contribution >= 4 is 24.8 Å². The average molecular weight is 212 g/mol. The highest BCUT2D eigenvalue weighted by atomic mass is 32.1. The normalized spacial score (nSPS) is 10.7. The summed E-state index contributed by atoms with van der Waals surface area (Å²) in [7, 11) is 0. The molecule has 0 bridgehead atoms. The monoisotopic (exact) mass is 212 g/mol. The Kier molecular flexibility index (Phi) is 5.95. The van der Waals surface area contributed by atoms with Gasteiger partial charge in [-0.05, 0) is 25.5 Å². The fourth-order valence-electron chi connectivity index (χ4n) is 0.776. The van der Waals surface area contributed by atoms with E-state index < -0.39 is 0 Å². The number of carbonyl (C=O) groups is 1. The molecule has 0 unspecified atom stereocenters. The third-order valence-corrected chi connectivity index (χ3v) is 1.86. The van der Waals surface area contributed by atoms with Gasteiger partial charge < -0.3 is 10.7 Å². The summed E-state index contributed by atoms with van der Waals surface area (Å²) in [6.45, 7) is 5.72. The summed E-state index contributed by atoms with van der Waals surface area (Å²) in [6, 6.07) is 0. The maximum atomic E-state index is 10.6. The molecule has 0 aliphatic heterocycles. The molecule has 0 rings (SSSR count). The minimum atomic E-state index is -0.0847. The lowest BCUT2D eigenvalue weighted by Crippen LogP contribution is -2.21. The van der Waals surface area contributed by atoms with Crippen LogP contribution in [0, 0.1) is 5.41 Å². The zero-order chi connectivity index (χ0) is 11.1. The zero-order valence-corrected chi connectivity index (χ0v) is 9.61. The molecule has 78 valence electrons. The summed E-state index contributed by atoms with van der Waals surface area (Å²) in [5.74, 6) is -0.0847. The summed E-state index contributed by atoms with van der Waals surface area (Å²) >= 11 is 4.20. The van der Waals surface area contributed by atoms with Crippen LogP contribution in [-0.4, -0.2) is 18.7 Å². The lowest BCUT2D eigenvalue weighted by molar-refractivity contribution is -0.118. The van der Waals surface area contributed by atoms with Crippen molar-refractivity contribution in [2.75, 3.05) is 6.54 Å². The van der Waals surface area contributed by atoms with Crippen LogP contribution in [0.15, 0.2) is 22.1 Å². The van der Waals surface area contributed by atoms with E-state index in [0.29, 0.717) is 6.54 Å². The average Bonchev–Trinajstić information content (AvgIpc) is 2.10. The van der Waals surface area contributed by atoms with Gasteiger partial charge in [0.2, 0.25) is 5.91 Å². The van der Waals surface area contributed by atoms with Gasteiger partial charge in [-0.15, -0.1) is 12.6 Å². The van der Waals surface area contributed by atoms with Gasteiger partial charge in [0.25, 0.3) is 0 Å². The first-order valence-electron chi connectivity index (χ1n) is 4.29. The molecule has 0 aliphatic rings. The van der Waals surface area contributed by atoms with E-state index >= 15 is 0 Å². The predicted molar refractivity (Wildman–Crippen MR) is 62.9 cm³/mol. The first-order valence-corrected chi connectivity index (χ1v) is 4.74. The summed E-state index contributed by atoms with van der Waals surface area (Å²) < 4.78 is 0. The first kappa shape index (κ1) is 13.0. The smallest absolute Gasteiger partial charge is 0.217 e. The number of rotatable bonds is 4. The van der Waals surface area contributed by atoms with Crippen molar-refractivity contribution in [1.82, 2.24) is 5.32 Å². The van der Waals surface area contributed by atoms with E-state index in [4.69, 9.17) is 5.41 Å². The number of hydrogen-bond acceptors (Lipinski definition) is 3. The molecule has 1 amide bonds. The highest BCUT2D eigenvalue weighted by Crippen LogP contribution is 2.08. The van der Waals surface area contributed by atoms with Gasteiger partial charge in [0.1, 0.15) is 0 Å². The number of nitrogens with one attached hydrogen (secondary N) is 2. The van der Waals surface area contributed by atoms with Gasteiger partial charge in [-0.1, -0.05) is 5.57 Å². The molecule has 0 radical (unpaired) electrons. The molecule has 14 heavy (non-hydrogen) atoms. The van der Waals surface area contributed by atoms with Crippen LogP contribution < -0.4 is 5.32 Å². The van der Waals surface area contributed by atoms with Crippen LogP contribution in [0.3, 0.4) is 0 Å². The van der Waals surface area contributed by atoms with Crippen molar-refractivity contribution < 1.29 is 4.79 Å². The second kappa shape index (κ2) is 6.43.